The Morgan fingerprint density at radius 3 is 2.41 bits per heavy atom. The van der Waals surface area contributed by atoms with Crippen LogP contribution in [0.1, 0.15) is 22.9 Å². The van der Waals surface area contributed by atoms with E-state index in [9.17, 15) is 0 Å². The van der Waals surface area contributed by atoms with Crippen molar-refractivity contribution in [2.45, 2.75) is 13.0 Å². The minimum atomic E-state index is 0.154. The van der Waals surface area contributed by atoms with Crippen molar-refractivity contribution >= 4 is 11.6 Å². The van der Waals surface area contributed by atoms with E-state index in [4.69, 9.17) is 11.6 Å². The number of nitrogens with zero attached hydrogens (tertiary/aromatic N) is 2. The molecular formula is C13H16ClN3. The maximum absolute atomic E-state index is 5.90. The van der Waals surface area contributed by atoms with Crippen LogP contribution in [-0.2, 0) is 7.05 Å². The van der Waals surface area contributed by atoms with Crippen LogP contribution in [0.15, 0.2) is 30.5 Å². The Kier molecular flexibility index (Phi) is 3.50. The quantitative estimate of drug-likeness (QED) is 0.907. The Morgan fingerprint density at radius 1 is 1.29 bits per heavy atom. The van der Waals surface area contributed by atoms with E-state index in [0.29, 0.717) is 0 Å². The van der Waals surface area contributed by atoms with Gasteiger partial charge in [-0.3, -0.25) is 4.68 Å². The molecule has 1 heterocycles. The second-order valence-electron chi connectivity index (χ2n) is 4.08. The van der Waals surface area contributed by atoms with Crippen LogP contribution in [0, 0.1) is 6.92 Å². The van der Waals surface area contributed by atoms with Crippen LogP contribution >= 0.6 is 11.6 Å². The predicted octanol–water partition coefficient (Wildman–Crippen LogP) is 2.69. The van der Waals surface area contributed by atoms with Crippen molar-refractivity contribution in [3.63, 3.8) is 0 Å². The number of halogens is 1. The summed E-state index contributed by atoms with van der Waals surface area (Å²) < 4.78 is 1.88. The summed E-state index contributed by atoms with van der Waals surface area (Å²) in [6, 6.07) is 8.05. The molecule has 1 atom stereocenters. The van der Waals surface area contributed by atoms with Crippen molar-refractivity contribution in [2.75, 3.05) is 7.05 Å². The minimum absolute atomic E-state index is 0.154. The van der Waals surface area contributed by atoms with E-state index in [2.05, 4.69) is 17.3 Å². The van der Waals surface area contributed by atoms with E-state index in [0.717, 1.165) is 5.02 Å². The molecule has 2 aromatic rings. The summed E-state index contributed by atoms with van der Waals surface area (Å²) in [5.41, 5.74) is 3.55. The van der Waals surface area contributed by atoms with E-state index in [1.807, 2.05) is 49.2 Å². The zero-order valence-corrected chi connectivity index (χ0v) is 11.0. The van der Waals surface area contributed by atoms with Crippen LogP contribution in [0.4, 0.5) is 0 Å². The van der Waals surface area contributed by atoms with Gasteiger partial charge in [-0.15, -0.1) is 0 Å². The molecule has 1 unspecified atom stereocenters. The summed E-state index contributed by atoms with van der Waals surface area (Å²) in [6.45, 7) is 2.07. The van der Waals surface area contributed by atoms with Crippen molar-refractivity contribution in [1.29, 1.82) is 0 Å². The fourth-order valence-corrected chi connectivity index (χ4v) is 2.08. The molecule has 0 saturated heterocycles. The molecule has 1 aromatic carbocycles. The summed E-state index contributed by atoms with van der Waals surface area (Å²) in [6.07, 6.45) is 1.91. The van der Waals surface area contributed by atoms with Crippen LogP contribution in [0.3, 0.4) is 0 Å². The largest absolute Gasteiger partial charge is 0.309 e. The lowest BCUT2D eigenvalue weighted by Crippen LogP contribution is -2.18. The highest BCUT2D eigenvalue weighted by Gasteiger charge is 2.16. The molecule has 0 saturated carbocycles. The smallest absolute Gasteiger partial charge is 0.0608 e. The van der Waals surface area contributed by atoms with Gasteiger partial charge in [0.2, 0.25) is 0 Å². The Morgan fingerprint density at radius 2 is 1.94 bits per heavy atom. The molecule has 0 bridgehead atoms. The molecule has 2 rings (SSSR count). The molecule has 90 valence electrons. The van der Waals surface area contributed by atoms with Crippen molar-refractivity contribution in [3.05, 3.63) is 52.3 Å². The molecule has 3 nitrogen and oxygen atoms in total. The van der Waals surface area contributed by atoms with Crippen LogP contribution in [-0.4, -0.2) is 16.8 Å². The third-order valence-electron chi connectivity index (χ3n) is 3.08. The van der Waals surface area contributed by atoms with E-state index in [1.165, 1.54) is 16.8 Å². The molecule has 0 fully saturated rings. The number of rotatable bonds is 3. The first-order valence-corrected chi connectivity index (χ1v) is 5.92. The molecule has 0 aliphatic carbocycles. The van der Waals surface area contributed by atoms with Gasteiger partial charge in [0.25, 0.3) is 0 Å². The Hall–Kier alpha value is -1.32. The number of aromatic nitrogens is 2. The SMILES string of the molecule is CNC(c1ccc(Cl)cc1)c1cnn(C)c1C. The normalized spacial score (nSPS) is 12.7. The fourth-order valence-electron chi connectivity index (χ4n) is 1.96. The molecular weight excluding hydrogens is 234 g/mol. The third kappa shape index (κ3) is 2.35. The molecule has 0 aliphatic heterocycles. The maximum Gasteiger partial charge on any atom is 0.0608 e. The number of aryl methyl sites for hydroxylation is 1. The van der Waals surface area contributed by atoms with Crippen LogP contribution in [0.5, 0.6) is 0 Å². The number of hydrogen-bond acceptors (Lipinski definition) is 2. The first kappa shape index (κ1) is 12.1. The highest BCUT2D eigenvalue weighted by Crippen LogP contribution is 2.25. The average Bonchev–Trinajstić information content (AvgIpc) is 2.65. The van der Waals surface area contributed by atoms with Gasteiger partial charge in [0.1, 0.15) is 0 Å². The van der Waals surface area contributed by atoms with Gasteiger partial charge >= 0.3 is 0 Å². The van der Waals surface area contributed by atoms with Gasteiger partial charge in [0.05, 0.1) is 12.2 Å². The second-order valence-corrected chi connectivity index (χ2v) is 4.52. The highest BCUT2D eigenvalue weighted by atomic mass is 35.5. The van der Waals surface area contributed by atoms with Gasteiger partial charge in [0, 0.05) is 23.3 Å². The van der Waals surface area contributed by atoms with E-state index >= 15 is 0 Å². The highest BCUT2D eigenvalue weighted by molar-refractivity contribution is 6.30. The first-order valence-electron chi connectivity index (χ1n) is 5.54. The monoisotopic (exact) mass is 249 g/mol. The Balaban J connectivity index is 2.40. The van der Waals surface area contributed by atoms with Crippen LogP contribution in [0.2, 0.25) is 5.02 Å². The van der Waals surface area contributed by atoms with Crippen LogP contribution in [0.25, 0.3) is 0 Å². The zero-order valence-electron chi connectivity index (χ0n) is 10.2. The lowest BCUT2D eigenvalue weighted by molar-refractivity contribution is 0.679. The fraction of sp³-hybridized carbons (Fsp3) is 0.308. The van der Waals surface area contributed by atoms with Gasteiger partial charge < -0.3 is 5.32 Å². The second kappa shape index (κ2) is 4.90. The summed E-state index contributed by atoms with van der Waals surface area (Å²) in [5.74, 6) is 0. The molecule has 0 spiro atoms. The molecule has 0 aliphatic rings. The third-order valence-corrected chi connectivity index (χ3v) is 3.33. The number of hydrogen-bond donors (Lipinski definition) is 1. The lowest BCUT2D eigenvalue weighted by Gasteiger charge is -2.16. The summed E-state index contributed by atoms with van der Waals surface area (Å²) in [7, 11) is 3.90. The van der Waals surface area contributed by atoms with Crippen molar-refractivity contribution in [3.8, 4) is 0 Å². The predicted molar refractivity (Wildman–Crippen MR) is 70.3 cm³/mol. The van der Waals surface area contributed by atoms with Gasteiger partial charge in [-0.2, -0.15) is 5.10 Å². The van der Waals surface area contributed by atoms with E-state index in [1.54, 1.807) is 0 Å². The van der Waals surface area contributed by atoms with Gasteiger partial charge in [-0.25, -0.2) is 0 Å². The molecule has 0 radical (unpaired) electrons. The molecule has 1 aromatic heterocycles. The first-order chi connectivity index (χ1) is 8.13. The summed E-state index contributed by atoms with van der Waals surface area (Å²) in [4.78, 5) is 0. The van der Waals surface area contributed by atoms with Crippen molar-refractivity contribution in [1.82, 2.24) is 15.1 Å². The Labute approximate surface area is 106 Å². The van der Waals surface area contributed by atoms with Gasteiger partial charge in [0.15, 0.2) is 0 Å². The summed E-state index contributed by atoms with van der Waals surface area (Å²) >= 11 is 5.90. The maximum atomic E-state index is 5.90. The molecule has 0 amide bonds. The van der Waals surface area contributed by atoms with Crippen molar-refractivity contribution < 1.29 is 0 Å². The topological polar surface area (TPSA) is 29.9 Å². The standard InChI is InChI=1S/C13H16ClN3/c1-9-12(8-16-17(9)3)13(15-2)10-4-6-11(14)7-5-10/h4-8,13,15H,1-3H3. The summed E-state index contributed by atoms with van der Waals surface area (Å²) in [5, 5.41) is 8.35. The lowest BCUT2D eigenvalue weighted by atomic mass is 10.00. The molecule has 4 heteroatoms. The van der Waals surface area contributed by atoms with Crippen LogP contribution < -0.4 is 5.32 Å². The molecule has 17 heavy (non-hydrogen) atoms. The number of benzene rings is 1. The molecule has 1 N–H and O–H groups in total. The van der Waals surface area contributed by atoms with Crippen molar-refractivity contribution in [2.24, 2.45) is 7.05 Å². The van der Waals surface area contributed by atoms with E-state index < -0.39 is 0 Å². The van der Waals surface area contributed by atoms with E-state index in [-0.39, 0.29) is 6.04 Å². The van der Waals surface area contributed by atoms with Gasteiger partial charge in [-0.05, 0) is 31.7 Å². The number of nitrogens with one attached hydrogen (secondary N) is 1. The Bertz CT molecular complexity index is 502. The van der Waals surface area contributed by atoms with Gasteiger partial charge in [-0.1, -0.05) is 23.7 Å². The zero-order chi connectivity index (χ0) is 12.4. The minimum Gasteiger partial charge on any atom is -0.309 e. The average molecular weight is 250 g/mol.